The second-order valence-corrected chi connectivity index (χ2v) is 9.62. The van der Waals surface area contributed by atoms with Gasteiger partial charge < -0.3 is 0 Å². The van der Waals surface area contributed by atoms with Crippen LogP contribution in [0.5, 0.6) is 0 Å². The minimum absolute atomic E-state index is 0. The van der Waals surface area contributed by atoms with Crippen molar-refractivity contribution in [3.63, 3.8) is 0 Å². The quantitative estimate of drug-likeness (QED) is 0.432. The van der Waals surface area contributed by atoms with Gasteiger partial charge in [-0.3, -0.25) is 4.55 Å². The predicted octanol–water partition coefficient (Wildman–Crippen LogP) is 2.66. The molecule has 0 radical (unpaired) electrons. The zero-order chi connectivity index (χ0) is 18.0. The summed E-state index contributed by atoms with van der Waals surface area (Å²) < 4.78 is 31.8. The number of rotatable bonds is 4. The van der Waals surface area contributed by atoms with Gasteiger partial charge in [-0.2, -0.15) is 8.42 Å². The third-order valence-electron chi connectivity index (χ3n) is 3.98. The van der Waals surface area contributed by atoms with Gasteiger partial charge >= 0.3 is 18.9 Å². The third-order valence-corrected chi connectivity index (χ3v) is 7.29. The molecule has 3 nitrogen and oxygen atoms in total. The van der Waals surface area contributed by atoms with Crippen LogP contribution >= 0.6 is 7.92 Å². The first-order valence-corrected chi connectivity index (χ1v) is 10.6. The third kappa shape index (κ3) is 4.85. The van der Waals surface area contributed by atoms with Crippen LogP contribution in [0.15, 0.2) is 77.7 Å². The number of hydrogen-bond acceptors (Lipinski definition) is 2. The van der Waals surface area contributed by atoms with Gasteiger partial charge in [-0.25, -0.2) is 0 Å². The average molecular weight is 378 g/mol. The van der Waals surface area contributed by atoms with E-state index in [-0.39, 0.29) is 23.8 Å². The molecule has 0 aliphatic carbocycles. The minimum atomic E-state index is -4.18. The maximum absolute atomic E-state index is 11.3. The molecule has 0 unspecified atom stereocenters. The Balaban J connectivity index is 0.00000243. The fourth-order valence-corrected chi connectivity index (χ4v) is 5.32. The second-order valence-electron chi connectivity index (χ2n) is 5.98. The zero-order valence-electron chi connectivity index (χ0n) is 14.0. The molecule has 6 heteroatoms. The van der Waals surface area contributed by atoms with Gasteiger partial charge in [0, 0.05) is 0 Å². The maximum atomic E-state index is 11.3. The molecule has 0 aliphatic heterocycles. The van der Waals surface area contributed by atoms with Crippen LogP contribution in [-0.2, 0) is 10.1 Å². The summed E-state index contributed by atoms with van der Waals surface area (Å²) in [6, 6.07) is 23.3. The number of aryl methyl sites for hydroxylation is 2. The van der Waals surface area contributed by atoms with E-state index in [0.29, 0.717) is 0 Å². The molecule has 26 heavy (non-hydrogen) atoms. The van der Waals surface area contributed by atoms with Crippen LogP contribution in [-0.4, -0.2) is 31.8 Å². The van der Waals surface area contributed by atoms with Crippen molar-refractivity contribution >= 4 is 52.8 Å². The standard InChI is InChI=1S/C20H19O3PS.Li.H/c1-15-3-7-17(8-4-15)24(18-9-5-16(2)6-10-18)19-11-13-20(14-12-19)25(21,22)23;;/h3-14H,1-2H3,(H,21,22,23);;. The molecule has 0 fully saturated rings. The van der Waals surface area contributed by atoms with E-state index in [9.17, 15) is 13.0 Å². The molecular weight excluding hydrogens is 358 g/mol. The average Bonchev–Trinajstić information content (AvgIpc) is 2.58. The van der Waals surface area contributed by atoms with E-state index in [1.54, 1.807) is 12.1 Å². The first-order chi connectivity index (χ1) is 11.8. The van der Waals surface area contributed by atoms with Crippen molar-refractivity contribution in [1.29, 1.82) is 0 Å². The summed E-state index contributed by atoms with van der Waals surface area (Å²) in [5.41, 5.74) is 2.40. The Morgan fingerprint density at radius 1 is 0.654 bits per heavy atom. The fourth-order valence-electron chi connectivity index (χ4n) is 2.60. The van der Waals surface area contributed by atoms with Crippen LogP contribution < -0.4 is 15.9 Å². The van der Waals surface area contributed by atoms with Gasteiger partial charge in [0.15, 0.2) is 0 Å². The molecule has 0 heterocycles. The van der Waals surface area contributed by atoms with Gasteiger partial charge in [0.05, 0.1) is 4.90 Å². The summed E-state index contributed by atoms with van der Waals surface area (Å²) in [5, 5.41) is 3.43. The van der Waals surface area contributed by atoms with Crippen LogP contribution in [0.2, 0.25) is 0 Å². The molecule has 0 saturated carbocycles. The molecule has 0 aromatic heterocycles. The Hall–Kier alpha value is -1.40. The number of hydrogen-bond donors (Lipinski definition) is 1. The molecular formula is C20H20LiO3PS. The van der Waals surface area contributed by atoms with Crippen LogP contribution in [0.4, 0.5) is 0 Å². The van der Waals surface area contributed by atoms with Crippen molar-refractivity contribution in [2.75, 3.05) is 0 Å². The molecule has 0 bridgehead atoms. The first kappa shape index (κ1) is 20.9. The van der Waals surface area contributed by atoms with Crippen molar-refractivity contribution in [1.82, 2.24) is 0 Å². The second kappa shape index (κ2) is 8.52. The van der Waals surface area contributed by atoms with Gasteiger partial charge in [-0.15, -0.1) is 0 Å². The molecule has 0 spiro atoms. The van der Waals surface area contributed by atoms with Crippen molar-refractivity contribution in [2.45, 2.75) is 18.7 Å². The Morgan fingerprint density at radius 2 is 0.962 bits per heavy atom. The Morgan fingerprint density at radius 3 is 1.27 bits per heavy atom. The summed E-state index contributed by atoms with van der Waals surface area (Å²) in [5.74, 6) is 0. The number of benzene rings is 3. The van der Waals surface area contributed by atoms with E-state index in [4.69, 9.17) is 0 Å². The van der Waals surface area contributed by atoms with Gasteiger partial charge in [-0.1, -0.05) is 71.8 Å². The van der Waals surface area contributed by atoms with Gasteiger partial charge in [0.25, 0.3) is 10.1 Å². The van der Waals surface area contributed by atoms with Gasteiger partial charge in [-0.05, 0) is 49.8 Å². The first-order valence-electron chi connectivity index (χ1n) is 7.85. The Kier molecular flexibility index (Phi) is 6.85. The Labute approximate surface area is 168 Å². The van der Waals surface area contributed by atoms with Crippen LogP contribution in [0.25, 0.3) is 0 Å². The van der Waals surface area contributed by atoms with Gasteiger partial charge in [0.1, 0.15) is 0 Å². The molecule has 0 aliphatic rings. The van der Waals surface area contributed by atoms with E-state index < -0.39 is 18.0 Å². The Bertz CT molecular complexity index is 922. The normalized spacial score (nSPS) is 11.2. The zero-order valence-corrected chi connectivity index (χ0v) is 15.8. The summed E-state index contributed by atoms with van der Waals surface area (Å²) in [7, 11) is -4.97. The van der Waals surface area contributed by atoms with Gasteiger partial charge in [0.2, 0.25) is 0 Å². The van der Waals surface area contributed by atoms with Crippen molar-refractivity contribution in [3.8, 4) is 0 Å². The van der Waals surface area contributed by atoms with Crippen LogP contribution in [0.3, 0.4) is 0 Å². The van der Waals surface area contributed by atoms with E-state index in [1.165, 1.54) is 33.9 Å². The summed E-state index contributed by atoms with van der Waals surface area (Å²) in [4.78, 5) is -0.0842. The predicted molar refractivity (Wildman–Crippen MR) is 112 cm³/mol. The van der Waals surface area contributed by atoms with Crippen molar-refractivity contribution in [3.05, 3.63) is 83.9 Å². The van der Waals surface area contributed by atoms with Crippen LogP contribution in [0.1, 0.15) is 11.1 Å². The van der Waals surface area contributed by atoms with E-state index in [0.717, 1.165) is 5.30 Å². The summed E-state index contributed by atoms with van der Waals surface area (Å²) in [6.45, 7) is 4.11. The van der Waals surface area contributed by atoms with Crippen molar-refractivity contribution < 1.29 is 13.0 Å². The summed E-state index contributed by atoms with van der Waals surface area (Å²) >= 11 is 0. The molecule has 3 aromatic rings. The van der Waals surface area contributed by atoms with E-state index in [2.05, 4.69) is 62.4 Å². The van der Waals surface area contributed by atoms with E-state index in [1.807, 2.05) is 0 Å². The van der Waals surface area contributed by atoms with E-state index >= 15 is 0 Å². The molecule has 3 rings (SSSR count). The molecule has 0 saturated heterocycles. The SMILES string of the molecule is Cc1ccc(P(c2ccc(C)cc2)c2ccc(S(=O)(=O)O)cc2)cc1.[LiH]. The molecule has 3 aromatic carbocycles. The monoisotopic (exact) mass is 378 g/mol. The van der Waals surface area contributed by atoms with Crippen molar-refractivity contribution in [2.24, 2.45) is 0 Å². The topological polar surface area (TPSA) is 54.4 Å². The van der Waals surface area contributed by atoms with Crippen LogP contribution in [0, 0.1) is 13.8 Å². The molecule has 0 atom stereocenters. The fraction of sp³-hybridized carbons (Fsp3) is 0.100. The summed E-state index contributed by atoms with van der Waals surface area (Å²) in [6.07, 6.45) is 0. The molecule has 1 N–H and O–H groups in total. The molecule has 0 amide bonds. The molecule has 130 valence electrons.